The summed E-state index contributed by atoms with van der Waals surface area (Å²) in [5.41, 5.74) is -0.878. The highest BCUT2D eigenvalue weighted by molar-refractivity contribution is 5.73. The van der Waals surface area contributed by atoms with Gasteiger partial charge in [-0.2, -0.15) is 13.2 Å². The van der Waals surface area contributed by atoms with Crippen LogP contribution < -0.4 is 4.90 Å². The molecule has 2 heterocycles. The highest BCUT2D eigenvalue weighted by Crippen LogP contribution is 2.29. The summed E-state index contributed by atoms with van der Waals surface area (Å²) in [4.78, 5) is 20.7. The van der Waals surface area contributed by atoms with Crippen molar-refractivity contribution in [1.82, 2.24) is 14.8 Å². The van der Waals surface area contributed by atoms with Gasteiger partial charge in [0.05, 0.1) is 0 Å². The van der Waals surface area contributed by atoms with E-state index in [4.69, 9.17) is 0 Å². The Morgan fingerprint density at radius 3 is 2.35 bits per heavy atom. The Kier molecular flexibility index (Phi) is 5.01. The molecular weight excluding hydrogens is 309 g/mol. The molecule has 0 atom stereocenters. The molecule has 0 bridgehead atoms. The molecule has 5 nitrogen and oxygen atoms in total. The first-order valence-corrected chi connectivity index (χ1v) is 7.43. The summed E-state index contributed by atoms with van der Waals surface area (Å²) in [7, 11) is 5.15. The Hall–Kier alpha value is -1.99. The minimum absolute atomic E-state index is 0.0688. The van der Waals surface area contributed by atoms with Gasteiger partial charge in [-0.15, -0.1) is 0 Å². The zero-order chi connectivity index (χ0) is 17.2. The molecule has 1 aliphatic rings. The number of aromatic nitrogens is 1. The first kappa shape index (κ1) is 17.4. The number of pyridine rings is 1. The van der Waals surface area contributed by atoms with Crippen molar-refractivity contribution in [3.63, 3.8) is 0 Å². The minimum atomic E-state index is -4.44. The number of nitrogens with zero attached hydrogens (tertiary/aromatic N) is 4. The third kappa shape index (κ3) is 4.05. The average Bonchev–Trinajstić information content (AvgIpc) is 2.53. The van der Waals surface area contributed by atoms with Gasteiger partial charge in [0.15, 0.2) is 0 Å². The molecule has 1 aromatic heterocycles. The van der Waals surface area contributed by atoms with Crippen molar-refractivity contribution in [3.05, 3.63) is 23.9 Å². The molecule has 0 aromatic carbocycles. The van der Waals surface area contributed by atoms with Crippen molar-refractivity contribution >= 4 is 11.8 Å². The number of hydrogen-bond donors (Lipinski definition) is 0. The second kappa shape index (κ2) is 6.64. The van der Waals surface area contributed by atoms with Gasteiger partial charge in [0.1, 0.15) is 11.5 Å². The van der Waals surface area contributed by atoms with E-state index in [1.54, 1.807) is 32.1 Å². The quantitative estimate of drug-likeness (QED) is 0.837. The highest BCUT2D eigenvalue weighted by Gasteiger charge is 2.33. The van der Waals surface area contributed by atoms with E-state index in [-0.39, 0.29) is 12.1 Å². The maximum Gasteiger partial charge on any atom is 0.433 e. The van der Waals surface area contributed by atoms with Crippen LogP contribution in [0.15, 0.2) is 18.2 Å². The van der Waals surface area contributed by atoms with E-state index in [2.05, 4.69) is 4.98 Å². The van der Waals surface area contributed by atoms with Crippen molar-refractivity contribution in [2.45, 2.75) is 25.1 Å². The van der Waals surface area contributed by atoms with E-state index in [0.717, 1.165) is 6.07 Å². The smallest absolute Gasteiger partial charge is 0.356 e. The summed E-state index contributed by atoms with van der Waals surface area (Å²) in [6.45, 7) is 1.15. The lowest BCUT2D eigenvalue weighted by molar-refractivity contribution is -0.141. The predicted molar refractivity (Wildman–Crippen MR) is 81.3 cm³/mol. The van der Waals surface area contributed by atoms with E-state index in [1.807, 2.05) is 4.90 Å². The van der Waals surface area contributed by atoms with Crippen LogP contribution in [0.25, 0.3) is 0 Å². The fourth-order valence-corrected chi connectivity index (χ4v) is 2.71. The molecule has 1 aromatic rings. The van der Waals surface area contributed by atoms with Crippen LogP contribution in [0.5, 0.6) is 0 Å². The zero-order valence-electron chi connectivity index (χ0n) is 13.5. The Morgan fingerprint density at radius 1 is 1.22 bits per heavy atom. The number of piperidine rings is 1. The molecule has 128 valence electrons. The summed E-state index contributed by atoms with van der Waals surface area (Å²) in [5, 5.41) is 0. The summed E-state index contributed by atoms with van der Waals surface area (Å²) in [6.07, 6.45) is -3.03. The van der Waals surface area contributed by atoms with Gasteiger partial charge >= 0.3 is 12.2 Å². The van der Waals surface area contributed by atoms with Crippen molar-refractivity contribution in [2.75, 3.05) is 39.1 Å². The molecule has 2 rings (SSSR count). The van der Waals surface area contributed by atoms with E-state index in [1.165, 1.54) is 11.0 Å². The normalized spacial score (nSPS) is 16.3. The second-order valence-electron chi connectivity index (χ2n) is 5.88. The van der Waals surface area contributed by atoms with Crippen LogP contribution in [0.1, 0.15) is 18.5 Å². The molecule has 1 saturated heterocycles. The second-order valence-corrected chi connectivity index (χ2v) is 5.88. The molecule has 0 saturated carbocycles. The molecule has 1 fully saturated rings. The molecule has 2 amide bonds. The van der Waals surface area contributed by atoms with E-state index in [9.17, 15) is 18.0 Å². The minimum Gasteiger partial charge on any atom is -0.356 e. The van der Waals surface area contributed by atoms with Crippen LogP contribution in [-0.2, 0) is 6.18 Å². The number of hydrogen-bond acceptors (Lipinski definition) is 3. The monoisotopic (exact) mass is 330 g/mol. The number of anilines is 1. The molecule has 8 heteroatoms. The number of amides is 2. The SMILES string of the molecule is CN(C)C(=O)N(C)C1CCN(c2cccc(C(F)(F)F)n2)CC1. The molecule has 0 N–H and O–H groups in total. The Balaban J connectivity index is 2.01. The molecule has 0 aliphatic carbocycles. The van der Waals surface area contributed by atoms with Crippen molar-refractivity contribution < 1.29 is 18.0 Å². The van der Waals surface area contributed by atoms with E-state index in [0.29, 0.717) is 31.7 Å². The van der Waals surface area contributed by atoms with Crippen LogP contribution in [-0.4, -0.2) is 61.1 Å². The van der Waals surface area contributed by atoms with E-state index < -0.39 is 11.9 Å². The number of rotatable bonds is 2. The number of halogens is 3. The molecule has 0 radical (unpaired) electrons. The first-order chi connectivity index (χ1) is 10.7. The van der Waals surface area contributed by atoms with Crippen molar-refractivity contribution in [2.24, 2.45) is 0 Å². The van der Waals surface area contributed by atoms with Gasteiger partial charge < -0.3 is 14.7 Å². The van der Waals surface area contributed by atoms with Crippen molar-refractivity contribution in [3.8, 4) is 0 Å². The fraction of sp³-hybridized carbons (Fsp3) is 0.600. The average molecular weight is 330 g/mol. The lowest BCUT2D eigenvalue weighted by Gasteiger charge is -2.38. The Bertz CT molecular complexity index is 554. The first-order valence-electron chi connectivity index (χ1n) is 7.43. The number of urea groups is 1. The van der Waals surface area contributed by atoms with Crippen LogP contribution in [0.3, 0.4) is 0 Å². The topological polar surface area (TPSA) is 39.7 Å². The van der Waals surface area contributed by atoms with Crippen LogP contribution in [0, 0.1) is 0 Å². The third-order valence-corrected chi connectivity index (χ3v) is 4.05. The van der Waals surface area contributed by atoms with Gasteiger partial charge in [-0.1, -0.05) is 6.07 Å². The molecule has 23 heavy (non-hydrogen) atoms. The summed E-state index contributed by atoms with van der Waals surface area (Å²) < 4.78 is 38.2. The molecular formula is C15H21F3N4O. The van der Waals surface area contributed by atoms with Crippen LogP contribution in [0.4, 0.5) is 23.8 Å². The lowest BCUT2D eigenvalue weighted by atomic mass is 10.0. The van der Waals surface area contributed by atoms with Gasteiger partial charge in [-0.05, 0) is 25.0 Å². The lowest BCUT2D eigenvalue weighted by Crippen LogP contribution is -2.48. The van der Waals surface area contributed by atoms with Gasteiger partial charge in [0, 0.05) is 40.3 Å². The Labute approximate surface area is 133 Å². The summed E-state index contributed by atoms with van der Waals surface area (Å²) >= 11 is 0. The maximum atomic E-state index is 12.7. The maximum absolute atomic E-state index is 12.7. The van der Waals surface area contributed by atoms with Crippen LogP contribution in [0.2, 0.25) is 0 Å². The van der Waals surface area contributed by atoms with Gasteiger partial charge in [-0.3, -0.25) is 0 Å². The van der Waals surface area contributed by atoms with Crippen LogP contribution >= 0.6 is 0 Å². The number of carbonyl (C=O) groups is 1. The zero-order valence-corrected chi connectivity index (χ0v) is 13.5. The number of alkyl halides is 3. The summed E-state index contributed by atoms with van der Waals surface area (Å²) in [6, 6.07) is 3.95. The molecule has 1 aliphatic heterocycles. The van der Waals surface area contributed by atoms with E-state index >= 15 is 0 Å². The predicted octanol–water partition coefficient (Wildman–Crippen LogP) is 2.68. The summed E-state index contributed by atoms with van der Waals surface area (Å²) in [5.74, 6) is 0.333. The molecule has 0 spiro atoms. The number of carbonyl (C=O) groups excluding carboxylic acids is 1. The standard InChI is InChI=1S/C15H21F3N4O/c1-20(2)14(23)21(3)11-7-9-22(10-8-11)13-6-4-5-12(19-13)15(16,17)18/h4-6,11H,7-10H2,1-3H3. The largest absolute Gasteiger partial charge is 0.433 e. The highest BCUT2D eigenvalue weighted by atomic mass is 19.4. The van der Waals surface area contributed by atoms with Gasteiger partial charge in [0.25, 0.3) is 0 Å². The van der Waals surface area contributed by atoms with Crippen molar-refractivity contribution in [1.29, 1.82) is 0 Å². The molecule has 0 unspecified atom stereocenters. The Morgan fingerprint density at radius 2 is 1.83 bits per heavy atom. The third-order valence-electron chi connectivity index (χ3n) is 4.05. The van der Waals surface area contributed by atoms with Gasteiger partial charge in [0.2, 0.25) is 0 Å². The van der Waals surface area contributed by atoms with Gasteiger partial charge in [-0.25, -0.2) is 9.78 Å². The fourth-order valence-electron chi connectivity index (χ4n) is 2.71.